The molecule has 1 saturated heterocycles. The largest absolute Gasteiger partial charge is 0.375 e. The van der Waals surface area contributed by atoms with Gasteiger partial charge in [-0.3, -0.25) is 0 Å². The van der Waals surface area contributed by atoms with Crippen LogP contribution in [0.5, 0.6) is 0 Å². The fourth-order valence-electron chi connectivity index (χ4n) is 2.22. The lowest BCUT2D eigenvalue weighted by Gasteiger charge is -2.16. The lowest BCUT2D eigenvalue weighted by molar-refractivity contribution is -0.577. The third-order valence-electron chi connectivity index (χ3n) is 3.19. The summed E-state index contributed by atoms with van der Waals surface area (Å²) >= 11 is 0. The second-order valence-electron chi connectivity index (χ2n) is 4.29. The summed E-state index contributed by atoms with van der Waals surface area (Å²) in [6.45, 7) is 4.34. The monoisotopic (exact) mass is 240 g/mol. The minimum absolute atomic E-state index is 0.644. The van der Waals surface area contributed by atoms with E-state index in [0.717, 1.165) is 19.5 Å². The molecule has 0 atom stereocenters. The van der Waals surface area contributed by atoms with Crippen LogP contribution in [-0.4, -0.2) is 18.0 Å². The Morgan fingerprint density at radius 2 is 2.22 bits per heavy atom. The van der Waals surface area contributed by atoms with Crippen molar-refractivity contribution in [1.82, 2.24) is 4.90 Å². The minimum Gasteiger partial charge on any atom is -0.375 e. The number of pyridine rings is 1. The molecule has 0 saturated carbocycles. The molecule has 1 aromatic rings. The van der Waals surface area contributed by atoms with E-state index in [9.17, 15) is 5.26 Å². The number of hydrogen-bond donors (Lipinski definition) is 0. The van der Waals surface area contributed by atoms with Gasteiger partial charge in [-0.25, -0.2) is 0 Å². The van der Waals surface area contributed by atoms with Gasteiger partial charge in [0.1, 0.15) is 0 Å². The third-order valence-corrected chi connectivity index (χ3v) is 3.19. The second kappa shape index (κ2) is 6.02. The Morgan fingerprint density at radius 3 is 2.89 bits per heavy atom. The normalized spacial score (nSPS) is 18.1. The molecular weight excluding hydrogens is 222 g/mol. The summed E-state index contributed by atoms with van der Waals surface area (Å²) in [5.41, 5.74) is 1.98. The molecule has 1 aliphatic rings. The predicted molar refractivity (Wildman–Crippen MR) is 71.1 cm³/mol. The van der Waals surface area contributed by atoms with E-state index >= 15 is 0 Å². The zero-order valence-corrected chi connectivity index (χ0v) is 10.7. The van der Waals surface area contributed by atoms with Crippen molar-refractivity contribution in [3.63, 3.8) is 0 Å². The summed E-state index contributed by atoms with van der Waals surface area (Å²) < 4.78 is 1.84. The van der Waals surface area contributed by atoms with E-state index < -0.39 is 0 Å². The highest BCUT2D eigenvalue weighted by Crippen LogP contribution is 2.20. The van der Waals surface area contributed by atoms with Gasteiger partial charge in [0.25, 0.3) is 5.70 Å². The third kappa shape index (κ3) is 2.78. The molecule has 0 bridgehead atoms. The van der Waals surface area contributed by atoms with Crippen molar-refractivity contribution < 1.29 is 4.57 Å². The highest BCUT2D eigenvalue weighted by Gasteiger charge is 2.14. The van der Waals surface area contributed by atoms with Crippen LogP contribution in [0.3, 0.4) is 0 Å². The first-order valence-electron chi connectivity index (χ1n) is 6.37. The van der Waals surface area contributed by atoms with Gasteiger partial charge in [-0.05, 0) is 25.8 Å². The second-order valence-corrected chi connectivity index (χ2v) is 4.29. The molecule has 0 amide bonds. The highest BCUT2D eigenvalue weighted by atomic mass is 15.1. The van der Waals surface area contributed by atoms with Crippen LogP contribution in [-0.2, 0) is 0 Å². The Labute approximate surface area is 108 Å². The van der Waals surface area contributed by atoms with E-state index in [4.69, 9.17) is 0 Å². The summed E-state index contributed by atoms with van der Waals surface area (Å²) in [6.07, 6.45) is 10.1. The van der Waals surface area contributed by atoms with Gasteiger partial charge in [-0.2, -0.15) is 9.83 Å². The van der Waals surface area contributed by atoms with Crippen molar-refractivity contribution in [2.45, 2.75) is 19.8 Å². The predicted octanol–water partition coefficient (Wildman–Crippen LogP) is 2.34. The number of nitriles is 1. The van der Waals surface area contributed by atoms with E-state index in [1.165, 1.54) is 12.1 Å². The Morgan fingerprint density at radius 1 is 1.44 bits per heavy atom. The van der Waals surface area contributed by atoms with Gasteiger partial charge in [-0.15, -0.1) is 0 Å². The van der Waals surface area contributed by atoms with Crippen molar-refractivity contribution in [2.75, 3.05) is 13.1 Å². The molecule has 3 heteroatoms. The highest BCUT2D eigenvalue weighted by molar-refractivity contribution is 5.53. The average molecular weight is 240 g/mol. The Balaban J connectivity index is 2.22. The van der Waals surface area contributed by atoms with Crippen LogP contribution in [0.1, 0.15) is 19.8 Å². The molecule has 18 heavy (non-hydrogen) atoms. The number of allylic oxidation sites excluding steroid dienone is 4. The molecule has 3 nitrogen and oxygen atoms in total. The molecule has 0 N–H and O–H groups in total. The van der Waals surface area contributed by atoms with E-state index in [-0.39, 0.29) is 0 Å². The van der Waals surface area contributed by atoms with Crippen LogP contribution in [0.2, 0.25) is 0 Å². The Hall–Kier alpha value is -2.08. The molecule has 2 rings (SSSR count). The van der Waals surface area contributed by atoms with E-state index in [2.05, 4.69) is 24.0 Å². The molecule has 0 unspecified atom stereocenters. The standard InChI is InChI=1S/C15H18N3/c1-2-17-12-6-7-14(17)8-9-15(13-16)18-10-4-3-5-11-18/h3-5,8-11H,2,6-7,12H2,1H3/q+1/b14-8+,15-9+. The van der Waals surface area contributed by atoms with Gasteiger partial charge in [0.05, 0.1) is 0 Å². The van der Waals surface area contributed by atoms with Crippen LogP contribution in [0, 0.1) is 11.3 Å². The SMILES string of the molecule is CCN1CCC/C1=C\C=C(/C#N)[n+]1ccccc1. The molecule has 1 aromatic heterocycles. The number of likely N-dealkylation sites (tertiary alicyclic amines) is 1. The van der Waals surface area contributed by atoms with Gasteiger partial charge in [0.15, 0.2) is 18.5 Å². The molecule has 0 radical (unpaired) electrons. The summed E-state index contributed by atoms with van der Waals surface area (Å²) in [4.78, 5) is 2.36. The number of hydrogen-bond acceptors (Lipinski definition) is 2. The average Bonchev–Trinajstić information content (AvgIpc) is 2.88. The van der Waals surface area contributed by atoms with E-state index in [0.29, 0.717) is 5.70 Å². The molecular formula is C15H18N3+. The summed E-state index contributed by atoms with van der Waals surface area (Å²) in [7, 11) is 0. The zero-order valence-electron chi connectivity index (χ0n) is 10.7. The lowest BCUT2D eigenvalue weighted by Crippen LogP contribution is -2.30. The van der Waals surface area contributed by atoms with Crippen molar-refractivity contribution in [3.05, 3.63) is 48.4 Å². The topological polar surface area (TPSA) is 30.9 Å². The fraction of sp³-hybridized carbons (Fsp3) is 0.333. The zero-order chi connectivity index (χ0) is 12.8. The quantitative estimate of drug-likeness (QED) is 0.600. The molecule has 1 fully saturated rings. The van der Waals surface area contributed by atoms with Crippen molar-refractivity contribution in [3.8, 4) is 6.07 Å². The van der Waals surface area contributed by atoms with Crippen LogP contribution >= 0.6 is 0 Å². The first kappa shape index (κ1) is 12.4. The van der Waals surface area contributed by atoms with Crippen LogP contribution in [0.25, 0.3) is 5.70 Å². The maximum absolute atomic E-state index is 9.19. The van der Waals surface area contributed by atoms with E-state index in [1.54, 1.807) is 0 Å². The van der Waals surface area contributed by atoms with Crippen molar-refractivity contribution in [1.29, 1.82) is 5.26 Å². The molecule has 0 aromatic carbocycles. The summed E-state index contributed by atoms with van der Waals surface area (Å²) in [6, 6.07) is 8.03. The summed E-state index contributed by atoms with van der Waals surface area (Å²) in [5.74, 6) is 0. The maximum Gasteiger partial charge on any atom is 0.288 e. The van der Waals surface area contributed by atoms with Gasteiger partial charge in [0, 0.05) is 37.0 Å². The molecule has 92 valence electrons. The molecule has 2 heterocycles. The van der Waals surface area contributed by atoms with E-state index in [1.807, 2.05) is 41.2 Å². The fourth-order valence-corrected chi connectivity index (χ4v) is 2.22. The van der Waals surface area contributed by atoms with Crippen LogP contribution < -0.4 is 4.57 Å². The van der Waals surface area contributed by atoms with Gasteiger partial charge in [-0.1, -0.05) is 6.07 Å². The first-order chi connectivity index (χ1) is 8.85. The minimum atomic E-state index is 0.644. The molecule has 0 spiro atoms. The smallest absolute Gasteiger partial charge is 0.288 e. The Kier molecular flexibility index (Phi) is 4.14. The van der Waals surface area contributed by atoms with Crippen LogP contribution in [0.4, 0.5) is 0 Å². The maximum atomic E-state index is 9.19. The van der Waals surface area contributed by atoms with Gasteiger partial charge >= 0.3 is 0 Å². The summed E-state index contributed by atoms with van der Waals surface area (Å²) in [5, 5.41) is 9.19. The molecule has 1 aliphatic heterocycles. The number of rotatable bonds is 3. The van der Waals surface area contributed by atoms with Gasteiger partial charge < -0.3 is 4.90 Å². The lowest BCUT2D eigenvalue weighted by atomic mass is 10.2. The Bertz CT molecular complexity index is 494. The number of aromatic nitrogens is 1. The number of nitrogens with zero attached hydrogens (tertiary/aromatic N) is 3. The first-order valence-corrected chi connectivity index (χ1v) is 6.37. The molecule has 0 aliphatic carbocycles. The van der Waals surface area contributed by atoms with Crippen molar-refractivity contribution in [2.24, 2.45) is 0 Å². The van der Waals surface area contributed by atoms with Gasteiger partial charge in [0.2, 0.25) is 0 Å². The van der Waals surface area contributed by atoms with Crippen LogP contribution in [0.15, 0.2) is 48.4 Å². The van der Waals surface area contributed by atoms with Crippen molar-refractivity contribution >= 4 is 5.70 Å².